The van der Waals surface area contributed by atoms with Crippen LogP contribution in [-0.4, -0.2) is 56.8 Å². The van der Waals surface area contributed by atoms with Gasteiger partial charge in [0.2, 0.25) is 0 Å². The Morgan fingerprint density at radius 3 is 2.73 bits per heavy atom. The summed E-state index contributed by atoms with van der Waals surface area (Å²) in [5.41, 5.74) is 1.58. The van der Waals surface area contributed by atoms with Gasteiger partial charge in [-0.3, -0.25) is 0 Å². The number of rotatable bonds is 5. The second-order valence-corrected chi connectivity index (χ2v) is 7.27. The molecule has 2 aromatic rings. The number of aromatic nitrogens is 4. The number of aryl methyl sites for hydroxylation is 1. The molecule has 2 heterocycles. The number of nitrogens with zero attached hydrogens (tertiary/aromatic N) is 5. The molecule has 3 rings (SSSR count). The summed E-state index contributed by atoms with van der Waals surface area (Å²) in [5, 5.41) is 17.5. The molecule has 0 spiro atoms. The van der Waals surface area contributed by atoms with Crippen molar-refractivity contribution in [2.75, 3.05) is 25.0 Å². The number of benzene rings is 1. The molecule has 1 fully saturated rings. The van der Waals surface area contributed by atoms with Gasteiger partial charge in [-0.1, -0.05) is 26.0 Å². The summed E-state index contributed by atoms with van der Waals surface area (Å²) in [6, 6.07) is 7.59. The van der Waals surface area contributed by atoms with Gasteiger partial charge in [0.25, 0.3) is 0 Å². The average molecular weight is 357 g/mol. The van der Waals surface area contributed by atoms with E-state index in [9.17, 15) is 4.79 Å². The minimum absolute atomic E-state index is 0.166. The molecule has 0 saturated carbocycles. The number of carbonyl (C=O) groups is 1. The second-order valence-electron chi connectivity index (χ2n) is 7.27. The first kappa shape index (κ1) is 18.3. The van der Waals surface area contributed by atoms with E-state index in [1.807, 2.05) is 24.3 Å². The van der Waals surface area contributed by atoms with Crippen molar-refractivity contribution in [3.05, 3.63) is 24.3 Å². The third kappa shape index (κ3) is 4.78. The lowest BCUT2D eigenvalue weighted by Crippen LogP contribution is -2.46. The lowest BCUT2D eigenvalue weighted by molar-refractivity contribution is 0.180. The van der Waals surface area contributed by atoms with Gasteiger partial charge in [-0.2, -0.15) is 0 Å². The van der Waals surface area contributed by atoms with Gasteiger partial charge in [0.05, 0.1) is 0 Å². The zero-order valence-electron chi connectivity index (χ0n) is 15.6. The number of piperidine rings is 1. The average Bonchev–Trinajstić information content (AvgIpc) is 3.02. The van der Waals surface area contributed by atoms with Gasteiger partial charge < -0.3 is 15.5 Å². The summed E-state index contributed by atoms with van der Waals surface area (Å²) in [7, 11) is 1.79. The van der Waals surface area contributed by atoms with Crippen molar-refractivity contribution in [2.45, 2.75) is 32.7 Å². The SMILES string of the molecule is CC(C)CN1CCC(NC(=O)Nc2cccc(-c3nnnn3C)c2)CC1. The molecule has 0 atom stereocenters. The normalized spacial score (nSPS) is 16.0. The van der Waals surface area contributed by atoms with Crippen LogP contribution >= 0.6 is 0 Å². The maximum Gasteiger partial charge on any atom is 0.319 e. The highest BCUT2D eigenvalue weighted by atomic mass is 16.2. The van der Waals surface area contributed by atoms with Gasteiger partial charge in [-0.05, 0) is 41.3 Å². The summed E-state index contributed by atoms with van der Waals surface area (Å²) in [6.07, 6.45) is 1.98. The Kier molecular flexibility index (Phi) is 5.82. The molecule has 8 heteroatoms. The van der Waals surface area contributed by atoms with E-state index in [1.165, 1.54) is 0 Å². The molecule has 1 saturated heterocycles. The van der Waals surface area contributed by atoms with Crippen LogP contribution in [0.25, 0.3) is 11.4 Å². The van der Waals surface area contributed by atoms with Crippen molar-refractivity contribution in [1.82, 2.24) is 30.4 Å². The number of anilines is 1. The van der Waals surface area contributed by atoms with Crippen LogP contribution in [-0.2, 0) is 7.05 Å². The minimum Gasteiger partial charge on any atom is -0.335 e. The Morgan fingerprint density at radius 1 is 1.31 bits per heavy atom. The molecule has 140 valence electrons. The number of carbonyl (C=O) groups excluding carboxylic acids is 1. The number of nitrogens with one attached hydrogen (secondary N) is 2. The molecule has 1 aliphatic heterocycles. The van der Waals surface area contributed by atoms with Crippen molar-refractivity contribution < 1.29 is 4.79 Å². The number of hydrogen-bond acceptors (Lipinski definition) is 5. The summed E-state index contributed by atoms with van der Waals surface area (Å²) >= 11 is 0. The Labute approximate surface area is 154 Å². The van der Waals surface area contributed by atoms with Crippen molar-refractivity contribution >= 4 is 11.7 Å². The molecule has 2 N–H and O–H groups in total. The molecule has 1 aromatic carbocycles. The number of amides is 2. The van der Waals surface area contributed by atoms with Crippen LogP contribution in [0.4, 0.5) is 10.5 Å². The van der Waals surface area contributed by atoms with E-state index in [2.05, 4.69) is 44.9 Å². The number of urea groups is 1. The topological polar surface area (TPSA) is 88.0 Å². The predicted molar refractivity (Wildman–Crippen MR) is 101 cm³/mol. The van der Waals surface area contributed by atoms with Crippen LogP contribution in [0.2, 0.25) is 0 Å². The highest BCUT2D eigenvalue weighted by Gasteiger charge is 2.21. The first-order chi connectivity index (χ1) is 12.5. The summed E-state index contributed by atoms with van der Waals surface area (Å²) in [6.45, 7) is 7.68. The maximum absolute atomic E-state index is 12.3. The molecule has 0 aliphatic carbocycles. The van der Waals surface area contributed by atoms with E-state index in [0.717, 1.165) is 43.7 Å². The highest BCUT2D eigenvalue weighted by Crippen LogP contribution is 2.19. The summed E-state index contributed by atoms with van der Waals surface area (Å²) in [5.74, 6) is 1.34. The van der Waals surface area contributed by atoms with Crippen LogP contribution in [0.1, 0.15) is 26.7 Å². The van der Waals surface area contributed by atoms with E-state index >= 15 is 0 Å². The Bertz CT molecular complexity index is 735. The van der Waals surface area contributed by atoms with Crippen molar-refractivity contribution in [1.29, 1.82) is 0 Å². The summed E-state index contributed by atoms with van der Waals surface area (Å²) < 4.78 is 1.60. The zero-order valence-corrected chi connectivity index (χ0v) is 15.6. The molecule has 0 unspecified atom stereocenters. The van der Waals surface area contributed by atoms with E-state index in [1.54, 1.807) is 11.7 Å². The predicted octanol–water partition coefficient (Wildman–Crippen LogP) is 2.12. The fourth-order valence-electron chi connectivity index (χ4n) is 3.34. The molecule has 8 nitrogen and oxygen atoms in total. The monoisotopic (exact) mass is 357 g/mol. The highest BCUT2D eigenvalue weighted by molar-refractivity contribution is 5.90. The van der Waals surface area contributed by atoms with Gasteiger partial charge in [0.15, 0.2) is 5.82 Å². The van der Waals surface area contributed by atoms with E-state index in [-0.39, 0.29) is 12.1 Å². The van der Waals surface area contributed by atoms with Crippen molar-refractivity contribution in [3.8, 4) is 11.4 Å². The van der Waals surface area contributed by atoms with Gasteiger partial charge in [-0.15, -0.1) is 5.10 Å². The zero-order chi connectivity index (χ0) is 18.5. The molecule has 26 heavy (non-hydrogen) atoms. The number of hydrogen-bond donors (Lipinski definition) is 2. The molecular formula is C18H27N7O. The van der Waals surface area contributed by atoms with E-state index < -0.39 is 0 Å². The van der Waals surface area contributed by atoms with Crippen LogP contribution in [0.3, 0.4) is 0 Å². The minimum atomic E-state index is -0.166. The van der Waals surface area contributed by atoms with Gasteiger partial charge in [-0.25, -0.2) is 9.48 Å². The molecule has 0 bridgehead atoms. The van der Waals surface area contributed by atoms with Crippen LogP contribution < -0.4 is 10.6 Å². The van der Waals surface area contributed by atoms with E-state index in [0.29, 0.717) is 11.7 Å². The van der Waals surface area contributed by atoms with Crippen molar-refractivity contribution in [2.24, 2.45) is 13.0 Å². The maximum atomic E-state index is 12.3. The Morgan fingerprint density at radius 2 is 2.08 bits per heavy atom. The molecule has 1 aromatic heterocycles. The number of tetrazole rings is 1. The quantitative estimate of drug-likeness (QED) is 0.856. The fourth-order valence-corrected chi connectivity index (χ4v) is 3.34. The van der Waals surface area contributed by atoms with Gasteiger partial charge >= 0.3 is 6.03 Å². The molecule has 1 aliphatic rings. The lowest BCUT2D eigenvalue weighted by atomic mass is 10.0. The third-order valence-corrected chi connectivity index (χ3v) is 4.54. The second kappa shape index (κ2) is 8.27. The van der Waals surface area contributed by atoms with E-state index in [4.69, 9.17) is 0 Å². The molecular weight excluding hydrogens is 330 g/mol. The van der Waals surface area contributed by atoms with Gasteiger partial charge in [0.1, 0.15) is 0 Å². The smallest absolute Gasteiger partial charge is 0.319 e. The largest absolute Gasteiger partial charge is 0.335 e. The van der Waals surface area contributed by atoms with Crippen molar-refractivity contribution in [3.63, 3.8) is 0 Å². The van der Waals surface area contributed by atoms with Gasteiger partial charge in [0, 0.05) is 44.0 Å². The fraction of sp³-hybridized carbons (Fsp3) is 0.556. The van der Waals surface area contributed by atoms with Crippen LogP contribution in [0.5, 0.6) is 0 Å². The Balaban J connectivity index is 1.52. The standard InChI is InChI=1S/C18H27N7O/c1-13(2)12-25-9-7-15(8-10-25)19-18(26)20-16-6-4-5-14(11-16)17-21-22-23-24(17)3/h4-6,11,13,15H,7-10,12H2,1-3H3,(H2,19,20,26). The Hall–Kier alpha value is -2.48. The first-order valence-electron chi connectivity index (χ1n) is 9.14. The molecule has 0 radical (unpaired) electrons. The summed E-state index contributed by atoms with van der Waals surface area (Å²) in [4.78, 5) is 14.8. The lowest BCUT2D eigenvalue weighted by Gasteiger charge is -2.33. The van der Waals surface area contributed by atoms with Crippen LogP contribution in [0, 0.1) is 5.92 Å². The number of likely N-dealkylation sites (tertiary alicyclic amines) is 1. The van der Waals surface area contributed by atoms with Crippen LogP contribution in [0.15, 0.2) is 24.3 Å². The first-order valence-corrected chi connectivity index (χ1v) is 9.14. The third-order valence-electron chi connectivity index (χ3n) is 4.54. The molecule has 2 amide bonds.